The Kier molecular flexibility index (Phi) is 4.63. The first-order valence-corrected chi connectivity index (χ1v) is 9.01. The number of para-hydroxylation sites is 1. The summed E-state index contributed by atoms with van der Waals surface area (Å²) in [7, 11) is 0. The molecule has 2 aromatic rings. The molecule has 3 aliphatic heterocycles. The molecule has 2 bridgehead atoms. The van der Waals surface area contributed by atoms with Gasteiger partial charge in [0.25, 0.3) is 5.91 Å². The fraction of sp³-hybridized carbons (Fsp3) is 0.444. The maximum atomic E-state index is 12.5. The summed E-state index contributed by atoms with van der Waals surface area (Å²) in [5.41, 5.74) is 0.416. The molecule has 4 heterocycles. The van der Waals surface area contributed by atoms with E-state index in [0.717, 1.165) is 19.6 Å². The lowest BCUT2D eigenvalue weighted by Crippen LogP contribution is -2.57. The quantitative estimate of drug-likeness (QED) is 0.889. The molecule has 1 unspecified atom stereocenters. The van der Waals surface area contributed by atoms with Crippen LogP contribution in [0, 0.1) is 5.92 Å². The molecule has 1 aromatic carbocycles. The second kappa shape index (κ2) is 7.06. The number of ether oxygens (including phenoxy) is 1. The number of rotatable bonds is 5. The number of amides is 1. The average molecular weight is 361 g/mol. The number of carbonyl (C=O) groups excluding carboxylic acids is 1. The SMILES string of the molecule is O=C(NC1CN2CCC1CC2)c1ccn(COc2ccccc2Cl)n1. The first-order valence-electron chi connectivity index (χ1n) is 8.63. The van der Waals surface area contributed by atoms with E-state index in [1.54, 1.807) is 29.1 Å². The summed E-state index contributed by atoms with van der Waals surface area (Å²) in [5, 5.41) is 8.00. The van der Waals surface area contributed by atoms with E-state index in [4.69, 9.17) is 16.3 Å². The summed E-state index contributed by atoms with van der Waals surface area (Å²) in [6.45, 7) is 3.47. The van der Waals surface area contributed by atoms with Gasteiger partial charge in [-0.3, -0.25) is 4.79 Å². The van der Waals surface area contributed by atoms with Gasteiger partial charge in [0.2, 0.25) is 0 Å². The third kappa shape index (κ3) is 3.65. The molecule has 3 saturated heterocycles. The van der Waals surface area contributed by atoms with Crippen LogP contribution < -0.4 is 10.1 Å². The van der Waals surface area contributed by atoms with Crippen molar-refractivity contribution in [1.82, 2.24) is 20.0 Å². The molecule has 0 spiro atoms. The van der Waals surface area contributed by atoms with E-state index in [1.165, 1.54) is 12.8 Å². The van der Waals surface area contributed by atoms with E-state index < -0.39 is 0 Å². The Bertz CT molecular complexity index is 755. The molecule has 1 atom stereocenters. The summed E-state index contributed by atoms with van der Waals surface area (Å²) in [6.07, 6.45) is 4.08. The molecule has 1 amide bonds. The molecule has 25 heavy (non-hydrogen) atoms. The van der Waals surface area contributed by atoms with Crippen molar-refractivity contribution in [3.05, 3.63) is 47.2 Å². The van der Waals surface area contributed by atoms with Gasteiger partial charge in [0.15, 0.2) is 6.73 Å². The van der Waals surface area contributed by atoms with Gasteiger partial charge in [0, 0.05) is 18.8 Å². The lowest BCUT2D eigenvalue weighted by molar-refractivity contribution is 0.0617. The van der Waals surface area contributed by atoms with Gasteiger partial charge < -0.3 is 15.0 Å². The molecule has 3 aliphatic rings. The number of carbonyl (C=O) groups is 1. The van der Waals surface area contributed by atoms with Crippen molar-refractivity contribution in [3.63, 3.8) is 0 Å². The summed E-state index contributed by atoms with van der Waals surface area (Å²) >= 11 is 6.06. The van der Waals surface area contributed by atoms with Crippen LogP contribution in [0.2, 0.25) is 5.02 Å². The Labute approximate surface area is 151 Å². The molecule has 0 aliphatic carbocycles. The Morgan fingerprint density at radius 3 is 2.80 bits per heavy atom. The van der Waals surface area contributed by atoms with E-state index in [0.29, 0.717) is 22.4 Å². The molecule has 7 heteroatoms. The van der Waals surface area contributed by atoms with E-state index in [9.17, 15) is 4.79 Å². The maximum Gasteiger partial charge on any atom is 0.272 e. The van der Waals surface area contributed by atoms with Crippen molar-refractivity contribution in [2.45, 2.75) is 25.6 Å². The number of halogens is 1. The maximum absolute atomic E-state index is 12.5. The fourth-order valence-corrected chi connectivity index (χ4v) is 3.81. The molecular formula is C18H21ClN4O2. The Morgan fingerprint density at radius 1 is 1.28 bits per heavy atom. The molecule has 0 radical (unpaired) electrons. The van der Waals surface area contributed by atoms with E-state index in [2.05, 4.69) is 15.3 Å². The van der Waals surface area contributed by atoms with Gasteiger partial charge in [0.1, 0.15) is 11.4 Å². The van der Waals surface area contributed by atoms with Crippen LogP contribution in [0.3, 0.4) is 0 Å². The van der Waals surface area contributed by atoms with E-state index in [-0.39, 0.29) is 18.7 Å². The van der Waals surface area contributed by atoms with Gasteiger partial charge in [0.05, 0.1) is 5.02 Å². The van der Waals surface area contributed by atoms with Gasteiger partial charge >= 0.3 is 0 Å². The molecule has 3 fully saturated rings. The molecular weight excluding hydrogens is 340 g/mol. The Balaban J connectivity index is 1.34. The standard InChI is InChI=1S/C18H21ClN4O2/c19-14-3-1-2-4-17(14)25-12-23-10-7-15(21-23)18(24)20-16-11-22-8-5-13(16)6-9-22/h1-4,7,10,13,16H,5-6,8-9,11-12H2,(H,20,24). The topological polar surface area (TPSA) is 59.4 Å². The predicted octanol–water partition coefficient (Wildman–Crippen LogP) is 2.40. The number of fused-ring (bicyclic) bond motifs is 3. The van der Waals surface area contributed by atoms with Gasteiger partial charge in [-0.1, -0.05) is 23.7 Å². The van der Waals surface area contributed by atoms with Crippen LogP contribution in [-0.4, -0.2) is 46.3 Å². The Hall–Kier alpha value is -2.05. The van der Waals surface area contributed by atoms with Crippen LogP contribution in [0.1, 0.15) is 23.3 Å². The van der Waals surface area contributed by atoms with Gasteiger partial charge in [-0.15, -0.1) is 0 Å². The van der Waals surface area contributed by atoms with E-state index >= 15 is 0 Å². The minimum Gasteiger partial charge on any atom is -0.470 e. The Morgan fingerprint density at radius 2 is 2.08 bits per heavy atom. The van der Waals surface area contributed by atoms with Crippen molar-refractivity contribution < 1.29 is 9.53 Å². The second-order valence-electron chi connectivity index (χ2n) is 6.66. The number of aromatic nitrogens is 2. The fourth-order valence-electron chi connectivity index (χ4n) is 3.62. The predicted molar refractivity (Wildman–Crippen MR) is 94.7 cm³/mol. The minimum atomic E-state index is -0.116. The highest BCUT2D eigenvalue weighted by Crippen LogP contribution is 2.27. The van der Waals surface area contributed by atoms with Crippen molar-refractivity contribution in [3.8, 4) is 5.75 Å². The lowest BCUT2D eigenvalue weighted by atomic mass is 9.84. The van der Waals surface area contributed by atoms with Crippen LogP contribution in [0.25, 0.3) is 0 Å². The van der Waals surface area contributed by atoms with Crippen molar-refractivity contribution in [2.75, 3.05) is 19.6 Å². The molecule has 0 saturated carbocycles. The summed E-state index contributed by atoms with van der Waals surface area (Å²) in [4.78, 5) is 14.9. The van der Waals surface area contributed by atoms with Gasteiger partial charge in [-0.05, 0) is 50.0 Å². The van der Waals surface area contributed by atoms with E-state index in [1.807, 2.05) is 12.1 Å². The zero-order chi connectivity index (χ0) is 17.2. The van der Waals surface area contributed by atoms with Crippen molar-refractivity contribution in [2.24, 2.45) is 5.92 Å². The normalized spacial score (nSPS) is 24.9. The average Bonchev–Trinajstić information content (AvgIpc) is 3.11. The molecule has 132 valence electrons. The summed E-state index contributed by atoms with van der Waals surface area (Å²) in [6, 6.07) is 9.23. The zero-order valence-corrected chi connectivity index (χ0v) is 14.7. The zero-order valence-electron chi connectivity index (χ0n) is 13.9. The number of nitrogens with one attached hydrogen (secondary N) is 1. The summed E-state index contributed by atoms with van der Waals surface area (Å²) < 4.78 is 7.23. The molecule has 6 nitrogen and oxygen atoms in total. The van der Waals surface area contributed by atoms with Gasteiger partial charge in [-0.2, -0.15) is 5.10 Å². The van der Waals surface area contributed by atoms with Crippen molar-refractivity contribution >= 4 is 17.5 Å². The highest BCUT2D eigenvalue weighted by Gasteiger charge is 2.35. The van der Waals surface area contributed by atoms with Gasteiger partial charge in [-0.25, -0.2) is 4.68 Å². The minimum absolute atomic E-state index is 0.116. The number of hydrogen-bond acceptors (Lipinski definition) is 4. The largest absolute Gasteiger partial charge is 0.470 e. The smallest absolute Gasteiger partial charge is 0.272 e. The first-order chi connectivity index (χ1) is 12.2. The van der Waals surface area contributed by atoms with Crippen LogP contribution in [0.5, 0.6) is 5.75 Å². The number of benzene rings is 1. The first kappa shape index (κ1) is 16.4. The highest BCUT2D eigenvalue weighted by atomic mass is 35.5. The van der Waals surface area contributed by atoms with Crippen LogP contribution in [0.4, 0.5) is 0 Å². The number of nitrogens with zero attached hydrogens (tertiary/aromatic N) is 3. The molecule has 5 rings (SSSR count). The summed E-state index contributed by atoms with van der Waals surface area (Å²) in [5.74, 6) is 1.08. The number of hydrogen-bond donors (Lipinski definition) is 1. The second-order valence-corrected chi connectivity index (χ2v) is 7.07. The lowest BCUT2D eigenvalue weighted by Gasteiger charge is -2.44. The van der Waals surface area contributed by atoms with Crippen LogP contribution in [0.15, 0.2) is 36.5 Å². The van der Waals surface area contributed by atoms with Crippen LogP contribution >= 0.6 is 11.6 Å². The molecule has 1 N–H and O–H groups in total. The third-order valence-corrected chi connectivity index (χ3v) is 5.35. The highest BCUT2D eigenvalue weighted by molar-refractivity contribution is 6.32. The van der Waals surface area contributed by atoms with Crippen molar-refractivity contribution in [1.29, 1.82) is 0 Å². The molecule has 1 aromatic heterocycles. The monoisotopic (exact) mass is 360 g/mol. The third-order valence-electron chi connectivity index (χ3n) is 5.03. The number of piperidine rings is 3. The van der Waals surface area contributed by atoms with Crippen LogP contribution in [-0.2, 0) is 6.73 Å².